The monoisotopic (exact) mass is 586 g/mol. The molecular weight excluding hydrogens is 548 g/mol. The Bertz CT molecular complexity index is 1390. The highest BCUT2D eigenvalue weighted by Gasteiger charge is 2.20. The van der Waals surface area contributed by atoms with E-state index in [4.69, 9.17) is 19.1 Å². The average Bonchev–Trinajstić information content (AvgIpc) is 3.02. The number of aryl methyl sites for hydroxylation is 2. The second-order valence-corrected chi connectivity index (χ2v) is 9.86. The van der Waals surface area contributed by atoms with E-state index in [-0.39, 0.29) is 0 Å². The summed E-state index contributed by atoms with van der Waals surface area (Å²) in [5.74, 6) is -0.0459. The fourth-order valence-corrected chi connectivity index (χ4v) is 4.52. The number of carbonyl (C=O) groups is 2. The SMILES string of the molecule is C=CC(=O)OCCCCCCOc1ccc(C(OO)c2c(C)cc(/C=N/N=C/c3ccc(C(=O)OC)cc3)cc2C)cc1. The Balaban J connectivity index is 1.54. The number of methoxy groups -OCH3 is 1. The van der Waals surface area contributed by atoms with Gasteiger partial charge in [-0.3, -0.25) is 5.26 Å². The number of esters is 2. The minimum Gasteiger partial charge on any atom is -0.494 e. The van der Waals surface area contributed by atoms with Gasteiger partial charge >= 0.3 is 11.9 Å². The molecule has 0 spiro atoms. The van der Waals surface area contributed by atoms with Gasteiger partial charge in [-0.15, -0.1) is 0 Å². The summed E-state index contributed by atoms with van der Waals surface area (Å²) in [5, 5.41) is 18.1. The predicted octanol–water partition coefficient (Wildman–Crippen LogP) is 6.79. The van der Waals surface area contributed by atoms with Crippen LogP contribution in [0.2, 0.25) is 0 Å². The van der Waals surface area contributed by atoms with Crippen LogP contribution in [-0.4, -0.2) is 49.9 Å². The molecule has 0 amide bonds. The number of ether oxygens (including phenoxy) is 3. The number of unbranched alkanes of at least 4 members (excludes halogenated alkanes) is 3. The molecule has 0 aliphatic heterocycles. The third-order valence-electron chi connectivity index (χ3n) is 6.70. The summed E-state index contributed by atoms with van der Waals surface area (Å²) in [5.41, 5.74) is 5.64. The fraction of sp³-hybridized carbons (Fsp3) is 0.294. The van der Waals surface area contributed by atoms with Crippen molar-refractivity contribution in [1.29, 1.82) is 0 Å². The highest BCUT2D eigenvalue weighted by molar-refractivity contribution is 5.90. The minimum absolute atomic E-state index is 0.391. The zero-order valence-corrected chi connectivity index (χ0v) is 24.8. The lowest BCUT2D eigenvalue weighted by Gasteiger charge is -2.20. The topological polar surface area (TPSA) is 116 Å². The maximum Gasteiger partial charge on any atom is 0.337 e. The van der Waals surface area contributed by atoms with Gasteiger partial charge in [-0.05, 0) is 97.2 Å². The Morgan fingerprint density at radius 1 is 0.860 bits per heavy atom. The van der Waals surface area contributed by atoms with Gasteiger partial charge in [0.25, 0.3) is 0 Å². The third kappa shape index (κ3) is 10.3. The van der Waals surface area contributed by atoms with Gasteiger partial charge in [-0.1, -0.05) is 43.0 Å². The van der Waals surface area contributed by atoms with Gasteiger partial charge < -0.3 is 14.2 Å². The van der Waals surface area contributed by atoms with Crippen LogP contribution in [0.15, 0.2) is 83.5 Å². The Labute approximate surface area is 252 Å². The molecule has 0 saturated carbocycles. The number of carbonyl (C=O) groups excluding carboxylic acids is 2. The molecule has 0 fully saturated rings. The maximum absolute atomic E-state index is 11.6. The zero-order valence-electron chi connectivity index (χ0n) is 24.8. The standard InChI is InChI=1S/C34H38N2O7/c1-5-31(37)42-19-9-7-6-8-18-41-30-16-14-28(15-17-30)33(43-39)32-24(2)20-27(21-25(32)3)23-36-35-22-26-10-12-29(13-11-26)34(38)40-4/h5,10-17,20-23,33,39H,1,6-9,18-19H2,2-4H3/b35-22+,36-23+. The van der Waals surface area contributed by atoms with Gasteiger partial charge in [-0.25, -0.2) is 14.5 Å². The molecule has 3 rings (SSSR count). The zero-order chi connectivity index (χ0) is 31.0. The number of hydrogen-bond acceptors (Lipinski definition) is 9. The molecule has 0 aliphatic rings. The van der Waals surface area contributed by atoms with Gasteiger partial charge in [0.15, 0.2) is 0 Å². The summed E-state index contributed by atoms with van der Waals surface area (Å²) in [6.07, 6.45) is 7.38. The van der Waals surface area contributed by atoms with Crippen LogP contribution < -0.4 is 4.74 Å². The summed E-state index contributed by atoms with van der Waals surface area (Å²) in [4.78, 5) is 27.5. The van der Waals surface area contributed by atoms with Crippen molar-refractivity contribution in [3.8, 4) is 5.75 Å². The summed E-state index contributed by atoms with van der Waals surface area (Å²) in [6, 6.07) is 18.3. The summed E-state index contributed by atoms with van der Waals surface area (Å²) in [7, 11) is 1.34. The molecule has 0 saturated heterocycles. The Hall–Kier alpha value is -4.60. The first-order chi connectivity index (χ1) is 20.9. The van der Waals surface area contributed by atoms with Gasteiger partial charge in [0.1, 0.15) is 11.9 Å². The molecule has 0 radical (unpaired) electrons. The Morgan fingerprint density at radius 3 is 2.05 bits per heavy atom. The molecule has 3 aromatic rings. The van der Waals surface area contributed by atoms with E-state index in [2.05, 4.69) is 16.8 Å². The Morgan fingerprint density at radius 2 is 1.47 bits per heavy atom. The van der Waals surface area contributed by atoms with E-state index in [1.54, 1.807) is 36.7 Å². The van der Waals surface area contributed by atoms with Crippen LogP contribution in [0.5, 0.6) is 5.75 Å². The van der Waals surface area contributed by atoms with Gasteiger partial charge in [0, 0.05) is 6.08 Å². The molecule has 3 aromatic carbocycles. The summed E-state index contributed by atoms with van der Waals surface area (Å²) < 4.78 is 15.5. The van der Waals surface area contributed by atoms with E-state index < -0.39 is 18.0 Å². The van der Waals surface area contributed by atoms with E-state index in [0.29, 0.717) is 18.8 Å². The van der Waals surface area contributed by atoms with Crippen LogP contribution >= 0.6 is 0 Å². The third-order valence-corrected chi connectivity index (χ3v) is 6.70. The smallest absolute Gasteiger partial charge is 0.337 e. The molecule has 0 aliphatic carbocycles. The summed E-state index contributed by atoms with van der Waals surface area (Å²) >= 11 is 0. The average molecular weight is 587 g/mol. The molecule has 0 heterocycles. The molecule has 43 heavy (non-hydrogen) atoms. The molecule has 1 atom stereocenters. The molecule has 226 valence electrons. The van der Waals surface area contributed by atoms with E-state index in [1.807, 2.05) is 50.2 Å². The van der Waals surface area contributed by atoms with Crippen LogP contribution in [0.25, 0.3) is 0 Å². The fourth-order valence-electron chi connectivity index (χ4n) is 4.52. The largest absolute Gasteiger partial charge is 0.494 e. The number of nitrogens with zero attached hydrogens (tertiary/aromatic N) is 2. The van der Waals surface area contributed by atoms with Gasteiger partial charge in [-0.2, -0.15) is 10.2 Å². The quantitative estimate of drug-likeness (QED) is 0.0491. The first kappa shape index (κ1) is 32.9. The van der Waals surface area contributed by atoms with Crippen molar-refractivity contribution in [2.24, 2.45) is 10.2 Å². The van der Waals surface area contributed by atoms with Crippen molar-refractivity contribution in [3.05, 3.63) is 112 Å². The van der Waals surface area contributed by atoms with Gasteiger partial charge in [0.05, 0.1) is 38.3 Å². The van der Waals surface area contributed by atoms with E-state index >= 15 is 0 Å². The van der Waals surface area contributed by atoms with Crippen molar-refractivity contribution < 1.29 is 33.9 Å². The number of benzene rings is 3. The second kappa shape index (κ2) is 17.4. The maximum atomic E-state index is 11.6. The molecule has 1 unspecified atom stereocenters. The van der Waals surface area contributed by atoms with Crippen molar-refractivity contribution in [2.45, 2.75) is 45.6 Å². The lowest BCUT2D eigenvalue weighted by molar-refractivity contribution is -0.270. The summed E-state index contributed by atoms with van der Waals surface area (Å²) in [6.45, 7) is 8.27. The van der Waals surface area contributed by atoms with Crippen LogP contribution in [0, 0.1) is 13.8 Å². The van der Waals surface area contributed by atoms with Crippen molar-refractivity contribution in [1.82, 2.24) is 0 Å². The van der Waals surface area contributed by atoms with E-state index in [1.165, 1.54) is 13.2 Å². The molecule has 9 heteroatoms. The Kier molecular flexibility index (Phi) is 13.3. The van der Waals surface area contributed by atoms with Crippen LogP contribution in [0.4, 0.5) is 0 Å². The van der Waals surface area contributed by atoms with Crippen molar-refractivity contribution in [3.63, 3.8) is 0 Å². The predicted molar refractivity (Wildman–Crippen MR) is 166 cm³/mol. The van der Waals surface area contributed by atoms with Crippen LogP contribution in [-0.2, 0) is 19.2 Å². The lowest BCUT2D eigenvalue weighted by Crippen LogP contribution is -2.09. The number of hydrogen-bond donors (Lipinski definition) is 1. The lowest BCUT2D eigenvalue weighted by atomic mass is 9.92. The van der Waals surface area contributed by atoms with Crippen molar-refractivity contribution >= 4 is 24.4 Å². The van der Waals surface area contributed by atoms with Crippen molar-refractivity contribution in [2.75, 3.05) is 20.3 Å². The van der Waals surface area contributed by atoms with Gasteiger partial charge in [0.2, 0.25) is 0 Å². The highest BCUT2D eigenvalue weighted by Crippen LogP contribution is 2.32. The molecule has 1 N–H and O–H groups in total. The second-order valence-electron chi connectivity index (χ2n) is 9.86. The molecule has 0 bridgehead atoms. The molecule has 9 nitrogen and oxygen atoms in total. The van der Waals surface area contributed by atoms with Crippen LogP contribution in [0.3, 0.4) is 0 Å². The van der Waals surface area contributed by atoms with E-state index in [0.717, 1.165) is 64.8 Å². The number of rotatable bonds is 16. The van der Waals surface area contributed by atoms with E-state index in [9.17, 15) is 14.8 Å². The molecule has 0 aromatic heterocycles. The first-order valence-electron chi connectivity index (χ1n) is 14.0. The first-order valence-corrected chi connectivity index (χ1v) is 14.0. The molecular formula is C34H38N2O7. The normalized spacial score (nSPS) is 11.9. The highest BCUT2D eigenvalue weighted by atomic mass is 17.1. The van der Waals surface area contributed by atoms with Crippen LogP contribution in [0.1, 0.15) is 75.5 Å². The minimum atomic E-state index is -0.666.